The van der Waals surface area contributed by atoms with Crippen LogP contribution in [0.2, 0.25) is 0 Å². The summed E-state index contributed by atoms with van der Waals surface area (Å²) in [4.78, 5) is 0. The fraction of sp³-hybridized carbons (Fsp3) is 0.333. The van der Waals surface area contributed by atoms with Crippen LogP contribution in [0, 0.1) is 0 Å². The maximum Gasteiger partial charge on any atom is 0.164 e. The normalized spacial score (nSPS) is 21.2. The summed E-state index contributed by atoms with van der Waals surface area (Å²) in [5.41, 5.74) is 6.69. The molecule has 0 radical (unpaired) electrons. The molecular formula is C9H11NO2. The molecule has 0 spiro atoms. The second kappa shape index (κ2) is 2.68. The van der Waals surface area contributed by atoms with Crippen molar-refractivity contribution in [1.82, 2.24) is 0 Å². The maximum atomic E-state index is 9.38. The van der Waals surface area contributed by atoms with Crippen molar-refractivity contribution >= 4 is 0 Å². The van der Waals surface area contributed by atoms with E-state index in [9.17, 15) is 5.11 Å². The summed E-state index contributed by atoms with van der Waals surface area (Å²) in [6.07, 6.45) is 0.781. The number of fused-ring (bicyclic) bond motifs is 1. The topological polar surface area (TPSA) is 55.5 Å². The molecule has 1 aromatic carbocycles. The predicted octanol–water partition coefficient (Wildman–Crippen LogP) is 0.654. The van der Waals surface area contributed by atoms with Gasteiger partial charge in [-0.25, -0.2) is 0 Å². The molecule has 0 amide bonds. The number of benzene rings is 1. The van der Waals surface area contributed by atoms with Gasteiger partial charge in [-0.15, -0.1) is 0 Å². The lowest BCUT2D eigenvalue weighted by Gasteiger charge is -2.22. The zero-order chi connectivity index (χ0) is 8.55. The van der Waals surface area contributed by atoms with E-state index in [2.05, 4.69) is 0 Å². The van der Waals surface area contributed by atoms with E-state index in [1.54, 1.807) is 12.1 Å². The molecule has 1 aromatic rings. The van der Waals surface area contributed by atoms with Gasteiger partial charge in [0.1, 0.15) is 6.61 Å². The number of aromatic hydroxyl groups is 1. The first-order valence-electron chi connectivity index (χ1n) is 3.96. The summed E-state index contributed by atoms with van der Waals surface area (Å²) in [6.45, 7) is 0.491. The molecule has 1 atom stereocenters. The monoisotopic (exact) mass is 165 g/mol. The number of phenolic OH excluding ortho intramolecular Hbond substituents is 1. The SMILES string of the molecule is N[C@H]1COc2c(O)cccc2C1. The van der Waals surface area contributed by atoms with Crippen LogP contribution in [0.4, 0.5) is 0 Å². The maximum absolute atomic E-state index is 9.38. The van der Waals surface area contributed by atoms with Gasteiger partial charge in [-0.3, -0.25) is 0 Å². The first kappa shape index (κ1) is 7.43. The summed E-state index contributed by atoms with van der Waals surface area (Å²) >= 11 is 0. The Hall–Kier alpha value is -1.22. The Balaban J connectivity index is 2.42. The van der Waals surface area contributed by atoms with Crippen LogP contribution >= 0.6 is 0 Å². The highest BCUT2D eigenvalue weighted by atomic mass is 16.5. The quantitative estimate of drug-likeness (QED) is 0.593. The van der Waals surface area contributed by atoms with Gasteiger partial charge in [0.15, 0.2) is 11.5 Å². The van der Waals surface area contributed by atoms with Crippen LogP contribution in [0.15, 0.2) is 18.2 Å². The second-order valence-corrected chi connectivity index (χ2v) is 3.04. The number of phenols is 1. The van der Waals surface area contributed by atoms with Crippen molar-refractivity contribution in [1.29, 1.82) is 0 Å². The van der Waals surface area contributed by atoms with Crippen LogP contribution in [0.1, 0.15) is 5.56 Å². The molecule has 0 unspecified atom stereocenters. The van der Waals surface area contributed by atoms with Crippen LogP contribution in [0.25, 0.3) is 0 Å². The van der Waals surface area contributed by atoms with E-state index in [1.807, 2.05) is 6.07 Å². The molecule has 3 nitrogen and oxygen atoms in total. The van der Waals surface area contributed by atoms with Crippen molar-refractivity contribution in [3.63, 3.8) is 0 Å². The molecule has 64 valence electrons. The van der Waals surface area contributed by atoms with E-state index in [0.717, 1.165) is 12.0 Å². The smallest absolute Gasteiger partial charge is 0.164 e. The highest BCUT2D eigenvalue weighted by Crippen LogP contribution is 2.32. The molecule has 0 saturated carbocycles. The van der Waals surface area contributed by atoms with Crippen molar-refractivity contribution in [3.8, 4) is 11.5 Å². The summed E-state index contributed by atoms with van der Waals surface area (Å²) in [5, 5.41) is 9.38. The number of nitrogens with two attached hydrogens (primary N) is 1. The largest absolute Gasteiger partial charge is 0.504 e. The van der Waals surface area contributed by atoms with Crippen molar-refractivity contribution in [2.75, 3.05) is 6.61 Å². The Bertz CT molecular complexity index is 299. The molecule has 3 N–H and O–H groups in total. The fourth-order valence-corrected chi connectivity index (χ4v) is 1.43. The average Bonchev–Trinajstić information content (AvgIpc) is 2.04. The lowest BCUT2D eigenvalue weighted by molar-refractivity contribution is 0.251. The second-order valence-electron chi connectivity index (χ2n) is 3.04. The van der Waals surface area contributed by atoms with Crippen molar-refractivity contribution in [3.05, 3.63) is 23.8 Å². The van der Waals surface area contributed by atoms with Gasteiger partial charge >= 0.3 is 0 Å². The minimum absolute atomic E-state index is 0.0549. The van der Waals surface area contributed by atoms with Crippen LogP contribution < -0.4 is 10.5 Å². The number of hydrogen-bond donors (Lipinski definition) is 2. The first-order valence-corrected chi connectivity index (χ1v) is 3.96. The number of para-hydroxylation sites is 1. The van der Waals surface area contributed by atoms with Crippen LogP contribution in [-0.2, 0) is 6.42 Å². The highest BCUT2D eigenvalue weighted by Gasteiger charge is 2.18. The van der Waals surface area contributed by atoms with Gasteiger partial charge < -0.3 is 15.6 Å². The van der Waals surface area contributed by atoms with Crippen molar-refractivity contribution in [2.24, 2.45) is 5.73 Å². The average molecular weight is 165 g/mol. The molecule has 1 aliphatic rings. The minimum Gasteiger partial charge on any atom is -0.504 e. The Labute approximate surface area is 70.8 Å². The van der Waals surface area contributed by atoms with E-state index in [4.69, 9.17) is 10.5 Å². The van der Waals surface area contributed by atoms with Crippen LogP contribution in [0.5, 0.6) is 11.5 Å². The Morgan fingerprint density at radius 1 is 1.50 bits per heavy atom. The predicted molar refractivity (Wildman–Crippen MR) is 45.3 cm³/mol. The lowest BCUT2D eigenvalue weighted by atomic mass is 10.0. The molecule has 1 aliphatic heterocycles. The number of hydrogen-bond acceptors (Lipinski definition) is 3. The molecule has 0 aromatic heterocycles. The first-order chi connectivity index (χ1) is 5.77. The van der Waals surface area contributed by atoms with Gasteiger partial charge in [-0.1, -0.05) is 12.1 Å². The van der Waals surface area contributed by atoms with Gasteiger partial charge in [0.2, 0.25) is 0 Å². The van der Waals surface area contributed by atoms with Gasteiger partial charge in [0.05, 0.1) is 0 Å². The lowest BCUT2D eigenvalue weighted by Crippen LogP contribution is -2.33. The zero-order valence-electron chi connectivity index (χ0n) is 6.66. The summed E-state index contributed by atoms with van der Waals surface area (Å²) in [6, 6.07) is 5.40. The van der Waals surface area contributed by atoms with Crippen molar-refractivity contribution < 1.29 is 9.84 Å². The van der Waals surface area contributed by atoms with E-state index in [-0.39, 0.29) is 11.8 Å². The Kier molecular flexibility index (Phi) is 1.66. The molecular weight excluding hydrogens is 154 g/mol. The fourth-order valence-electron chi connectivity index (χ4n) is 1.43. The van der Waals surface area contributed by atoms with Crippen molar-refractivity contribution in [2.45, 2.75) is 12.5 Å². The molecule has 0 bridgehead atoms. The summed E-state index contributed by atoms with van der Waals surface area (Å²) in [5.74, 6) is 0.804. The van der Waals surface area contributed by atoms with E-state index in [0.29, 0.717) is 12.4 Å². The van der Waals surface area contributed by atoms with Gasteiger partial charge in [-0.2, -0.15) is 0 Å². The molecule has 0 aliphatic carbocycles. The highest BCUT2D eigenvalue weighted by molar-refractivity contribution is 5.46. The Morgan fingerprint density at radius 2 is 2.33 bits per heavy atom. The minimum atomic E-state index is 0.0549. The third-order valence-electron chi connectivity index (χ3n) is 2.00. The van der Waals surface area contributed by atoms with Gasteiger partial charge in [0, 0.05) is 6.04 Å². The zero-order valence-corrected chi connectivity index (χ0v) is 6.66. The summed E-state index contributed by atoms with van der Waals surface area (Å²) in [7, 11) is 0. The Morgan fingerprint density at radius 3 is 3.17 bits per heavy atom. The van der Waals surface area contributed by atoms with Crippen LogP contribution in [-0.4, -0.2) is 17.8 Å². The molecule has 2 rings (SSSR count). The van der Waals surface area contributed by atoms with E-state index < -0.39 is 0 Å². The molecule has 0 saturated heterocycles. The molecule has 0 fully saturated rings. The van der Waals surface area contributed by atoms with E-state index in [1.165, 1.54) is 0 Å². The number of ether oxygens (including phenoxy) is 1. The van der Waals surface area contributed by atoms with Crippen LogP contribution in [0.3, 0.4) is 0 Å². The third kappa shape index (κ3) is 1.12. The molecule has 1 heterocycles. The molecule has 12 heavy (non-hydrogen) atoms. The third-order valence-corrected chi connectivity index (χ3v) is 2.00. The van der Waals surface area contributed by atoms with E-state index >= 15 is 0 Å². The number of rotatable bonds is 0. The molecule has 3 heteroatoms. The van der Waals surface area contributed by atoms with Gasteiger partial charge in [0.25, 0.3) is 0 Å². The standard InChI is InChI=1S/C9H11NO2/c10-7-4-6-2-1-3-8(11)9(6)12-5-7/h1-3,7,11H,4-5,10H2/t7-/m1/s1. The summed E-state index contributed by atoms with van der Waals surface area (Å²) < 4.78 is 5.29. The van der Waals surface area contributed by atoms with Gasteiger partial charge in [-0.05, 0) is 18.1 Å².